The topological polar surface area (TPSA) is 58.6 Å². The van der Waals surface area contributed by atoms with E-state index in [2.05, 4.69) is 5.32 Å². The molecule has 1 aliphatic heterocycles. The van der Waals surface area contributed by atoms with E-state index in [0.717, 1.165) is 25.0 Å². The number of benzene rings is 2. The van der Waals surface area contributed by atoms with Crippen molar-refractivity contribution < 1.29 is 27.5 Å². The third-order valence-electron chi connectivity index (χ3n) is 5.73. The molecule has 0 bridgehead atoms. The molecule has 32 heavy (non-hydrogen) atoms. The summed E-state index contributed by atoms with van der Waals surface area (Å²) in [5, 5.41) is 2.87. The van der Waals surface area contributed by atoms with Crippen LogP contribution in [-0.4, -0.2) is 43.5 Å². The highest BCUT2D eigenvalue weighted by molar-refractivity contribution is 5.95. The predicted molar refractivity (Wildman–Crippen MR) is 114 cm³/mol. The molecule has 1 N–H and O–H groups in total. The number of likely N-dealkylation sites (tertiary alicyclic amines) is 1. The summed E-state index contributed by atoms with van der Waals surface area (Å²) in [6.45, 7) is 2.78. The number of hydrogen-bond donors (Lipinski definition) is 1. The van der Waals surface area contributed by atoms with Gasteiger partial charge in [0, 0.05) is 31.1 Å². The Balaban J connectivity index is 1.89. The number of methoxy groups -OCH3 is 1. The molecule has 3 rings (SSSR count). The summed E-state index contributed by atoms with van der Waals surface area (Å²) in [5.74, 6) is -1.18. The van der Waals surface area contributed by atoms with Gasteiger partial charge in [0.25, 0.3) is 5.91 Å². The highest BCUT2D eigenvalue weighted by atomic mass is 19.4. The normalized spacial score (nSPS) is 18.5. The van der Waals surface area contributed by atoms with E-state index in [4.69, 9.17) is 4.74 Å². The first-order valence-corrected chi connectivity index (χ1v) is 10.6. The number of nitrogens with zero attached hydrogens (tertiary/aromatic N) is 1. The smallest absolute Gasteiger partial charge is 0.416 e. The second-order valence-electron chi connectivity index (χ2n) is 7.92. The van der Waals surface area contributed by atoms with Gasteiger partial charge in [-0.05, 0) is 36.2 Å². The molecule has 2 amide bonds. The van der Waals surface area contributed by atoms with Crippen LogP contribution < -0.4 is 10.1 Å². The molecule has 2 aromatic rings. The van der Waals surface area contributed by atoms with E-state index in [0.29, 0.717) is 23.4 Å². The van der Waals surface area contributed by atoms with Crippen LogP contribution in [0.4, 0.5) is 13.2 Å². The van der Waals surface area contributed by atoms with E-state index in [9.17, 15) is 22.8 Å². The lowest BCUT2D eigenvalue weighted by atomic mass is 9.87. The zero-order chi connectivity index (χ0) is 23.3. The van der Waals surface area contributed by atoms with E-state index >= 15 is 0 Å². The minimum Gasteiger partial charge on any atom is -0.497 e. The van der Waals surface area contributed by atoms with Gasteiger partial charge in [-0.15, -0.1) is 0 Å². The van der Waals surface area contributed by atoms with Gasteiger partial charge in [0.1, 0.15) is 5.75 Å². The van der Waals surface area contributed by atoms with Crippen LogP contribution in [0, 0.1) is 5.92 Å². The molecule has 1 fully saturated rings. The number of carbonyl (C=O) groups is 2. The van der Waals surface area contributed by atoms with Crippen LogP contribution in [0.25, 0.3) is 0 Å². The molecule has 5 nitrogen and oxygen atoms in total. The van der Waals surface area contributed by atoms with Crippen LogP contribution in [0.5, 0.6) is 5.75 Å². The highest BCUT2D eigenvalue weighted by Crippen LogP contribution is 2.37. The van der Waals surface area contributed by atoms with E-state index in [1.807, 2.05) is 6.92 Å². The summed E-state index contributed by atoms with van der Waals surface area (Å²) < 4.78 is 45.0. The number of carbonyl (C=O) groups excluding carboxylic acids is 2. The Labute approximate surface area is 185 Å². The lowest BCUT2D eigenvalue weighted by Gasteiger charge is -2.19. The van der Waals surface area contributed by atoms with Crippen molar-refractivity contribution in [1.29, 1.82) is 0 Å². The minimum atomic E-state index is -4.48. The quantitative estimate of drug-likeness (QED) is 0.635. The predicted octanol–water partition coefficient (Wildman–Crippen LogP) is 4.49. The Morgan fingerprint density at radius 1 is 1.12 bits per heavy atom. The third-order valence-corrected chi connectivity index (χ3v) is 5.73. The molecule has 172 valence electrons. The van der Waals surface area contributed by atoms with Crippen LogP contribution in [0.3, 0.4) is 0 Å². The monoisotopic (exact) mass is 448 g/mol. The molecule has 0 saturated carbocycles. The molecule has 2 atom stereocenters. The second-order valence-corrected chi connectivity index (χ2v) is 7.92. The van der Waals surface area contributed by atoms with Gasteiger partial charge in [-0.2, -0.15) is 13.2 Å². The van der Waals surface area contributed by atoms with Gasteiger partial charge in [-0.3, -0.25) is 9.59 Å². The molecule has 1 saturated heterocycles. The van der Waals surface area contributed by atoms with Gasteiger partial charge in [0.2, 0.25) is 5.91 Å². The van der Waals surface area contributed by atoms with Gasteiger partial charge in [0.15, 0.2) is 0 Å². The summed E-state index contributed by atoms with van der Waals surface area (Å²) in [5.41, 5.74) is 0.0355. The number of amides is 2. The van der Waals surface area contributed by atoms with Crippen molar-refractivity contribution in [2.24, 2.45) is 5.92 Å². The molecule has 0 radical (unpaired) electrons. The number of unbranched alkanes of at least 4 members (excludes halogenated alkanes) is 1. The maximum absolute atomic E-state index is 13.3. The summed E-state index contributed by atoms with van der Waals surface area (Å²) in [7, 11) is 1.50. The summed E-state index contributed by atoms with van der Waals surface area (Å²) in [6.07, 6.45) is -2.77. The first-order chi connectivity index (χ1) is 15.2. The van der Waals surface area contributed by atoms with Crippen LogP contribution in [0.2, 0.25) is 0 Å². The molecule has 2 aromatic carbocycles. The zero-order valence-corrected chi connectivity index (χ0v) is 18.1. The highest BCUT2D eigenvalue weighted by Gasteiger charge is 2.41. The van der Waals surface area contributed by atoms with Crippen LogP contribution in [0.15, 0.2) is 48.5 Å². The minimum absolute atomic E-state index is 0.134. The van der Waals surface area contributed by atoms with Crippen molar-refractivity contribution in [2.75, 3.05) is 26.7 Å². The van der Waals surface area contributed by atoms with E-state index in [-0.39, 0.29) is 24.9 Å². The first-order valence-electron chi connectivity index (χ1n) is 10.6. The zero-order valence-electron chi connectivity index (χ0n) is 18.1. The Hall–Kier alpha value is -3.03. The SMILES string of the molecule is CCCCNC(=O)[C@H]1CN(C(=O)c2cccc(OC)c2)C[C@@H]1c1cccc(C(F)(F)F)c1. The number of alkyl halides is 3. The first kappa shape index (κ1) is 23.6. The Morgan fingerprint density at radius 2 is 1.88 bits per heavy atom. The van der Waals surface area contributed by atoms with E-state index < -0.39 is 23.6 Å². The Bertz CT molecular complexity index is 962. The average Bonchev–Trinajstić information content (AvgIpc) is 3.24. The molecule has 0 aliphatic carbocycles. The molecule has 1 aliphatic rings. The average molecular weight is 448 g/mol. The third kappa shape index (κ3) is 5.41. The molecule has 8 heteroatoms. The van der Waals surface area contributed by atoms with Crippen molar-refractivity contribution in [1.82, 2.24) is 10.2 Å². The fourth-order valence-electron chi connectivity index (χ4n) is 3.98. The lowest BCUT2D eigenvalue weighted by Crippen LogP contribution is -2.36. The van der Waals surface area contributed by atoms with Gasteiger partial charge < -0.3 is 15.0 Å². The van der Waals surface area contributed by atoms with Crippen LogP contribution in [-0.2, 0) is 11.0 Å². The number of nitrogens with one attached hydrogen (secondary N) is 1. The van der Waals surface area contributed by atoms with Crippen LogP contribution in [0.1, 0.15) is 47.2 Å². The van der Waals surface area contributed by atoms with Gasteiger partial charge in [-0.25, -0.2) is 0 Å². The summed E-state index contributed by atoms with van der Waals surface area (Å²) in [4.78, 5) is 27.5. The molecular formula is C24H27F3N2O3. The number of ether oxygens (including phenoxy) is 1. The maximum Gasteiger partial charge on any atom is 0.416 e. The molecular weight excluding hydrogens is 421 g/mol. The van der Waals surface area contributed by atoms with Crippen molar-refractivity contribution in [2.45, 2.75) is 31.9 Å². The molecule has 0 unspecified atom stereocenters. The van der Waals surface area contributed by atoms with Crippen molar-refractivity contribution in [3.8, 4) is 5.75 Å². The van der Waals surface area contributed by atoms with Crippen LogP contribution >= 0.6 is 0 Å². The van der Waals surface area contributed by atoms with Crippen molar-refractivity contribution in [3.05, 3.63) is 65.2 Å². The van der Waals surface area contributed by atoms with E-state index in [1.165, 1.54) is 18.1 Å². The maximum atomic E-state index is 13.3. The summed E-state index contributed by atoms with van der Waals surface area (Å²) >= 11 is 0. The van der Waals surface area contributed by atoms with Gasteiger partial charge in [-0.1, -0.05) is 37.6 Å². The summed E-state index contributed by atoms with van der Waals surface area (Å²) in [6, 6.07) is 11.7. The molecule has 0 spiro atoms. The standard InChI is InChI=1S/C24H27F3N2O3/c1-3-4-11-28-22(30)21-15-29(23(31)17-8-6-10-19(13-17)32-2)14-20(21)16-7-5-9-18(12-16)24(25,26)27/h5-10,12-13,20-21H,3-4,11,14-15H2,1-2H3,(H,28,30)/t20-,21+/m1/s1. The fraction of sp³-hybridized carbons (Fsp3) is 0.417. The molecule has 0 aromatic heterocycles. The Morgan fingerprint density at radius 3 is 2.56 bits per heavy atom. The molecule has 1 heterocycles. The largest absolute Gasteiger partial charge is 0.497 e. The number of hydrogen-bond acceptors (Lipinski definition) is 3. The number of halogens is 3. The van der Waals surface area contributed by atoms with E-state index in [1.54, 1.807) is 30.3 Å². The Kier molecular flexibility index (Phi) is 7.43. The van der Waals surface area contributed by atoms with Crippen molar-refractivity contribution in [3.63, 3.8) is 0 Å². The van der Waals surface area contributed by atoms with Gasteiger partial charge >= 0.3 is 6.18 Å². The lowest BCUT2D eigenvalue weighted by molar-refractivity contribution is -0.137. The fourth-order valence-corrected chi connectivity index (χ4v) is 3.98. The second kappa shape index (κ2) is 10.1. The van der Waals surface area contributed by atoms with Crippen molar-refractivity contribution >= 4 is 11.8 Å². The van der Waals surface area contributed by atoms with Gasteiger partial charge in [0.05, 0.1) is 18.6 Å². The number of rotatable bonds is 7.